The van der Waals surface area contributed by atoms with Crippen molar-refractivity contribution in [3.8, 4) is 17.1 Å². The molecule has 0 unspecified atom stereocenters. The van der Waals surface area contributed by atoms with Gasteiger partial charge in [-0.1, -0.05) is 43.5 Å². The Morgan fingerprint density at radius 3 is 1.24 bits per heavy atom. The smallest absolute Gasteiger partial charge is 0.0964 e. The van der Waals surface area contributed by atoms with Crippen molar-refractivity contribution in [1.82, 2.24) is 28.7 Å². The summed E-state index contributed by atoms with van der Waals surface area (Å²) >= 11 is 0. The second-order valence-electron chi connectivity index (χ2n) is 12.3. The molecule has 0 saturated heterocycles. The third kappa shape index (κ3) is 3.92. The van der Waals surface area contributed by atoms with E-state index in [0.717, 1.165) is 94.0 Å². The van der Waals surface area contributed by atoms with Crippen molar-refractivity contribution in [3.05, 3.63) is 158 Å². The molecular weight excluding hydrogens is 601 g/mol. The standard InChI is InChI=1S/C43H28N6/c1-3-27-11-14-29(15-12-27)47-36-19-16-31(25-33(36)42-38(47)8-5-22-45-42)49-37-20-17-30(26-34(37)43-40(49)10-7-23-46-43)48-35-18-13-28(4-2)24-32(35)41-39(48)9-6-21-44-41/h3-26H,1-2H2. The van der Waals surface area contributed by atoms with E-state index < -0.39 is 0 Å². The SMILES string of the molecule is C=Cc1ccc(-n2c3ccc(-n4c5ccc(-n6c7ccc(C=C)cc7c7ncccc76)cc5c5ncccc54)cc3c3ncccc32)cc1. The van der Waals surface area contributed by atoms with Crippen LogP contribution in [0.2, 0.25) is 0 Å². The van der Waals surface area contributed by atoms with Crippen molar-refractivity contribution in [1.29, 1.82) is 0 Å². The topological polar surface area (TPSA) is 53.5 Å². The van der Waals surface area contributed by atoms with E-state index in [2.05, 4.69) is 124 Å². The van der Waals surface area contributed by atoms with Crippen molar-refractivity contribution in [2.75, 3.05) is 0 Å². The molecule has 0 bridgehead atoms. The normalized spacial score (nSPS) is 11.8. The van der Waals surface area contributed by atoms with Gasteiger partial charge in [0.1, 0.15) is 0 Å². The minimum Gasteiger partial charge on any atom is -0.308 e. The van der Waals surface area contributed by atoms with Gasteiger partial charge in [-0.3, -0.25) is 15.0 Å². The number of rotatable bonds is 5. The molecule has 230 valence electrons. The highest BCUT2D eigenvalue weighted by atomic mass is 15.0. The van der Waals surface area contributed by atoms with E-state index in [9.17, 15) is 0 Å². The minimum atomic E-state index is 0.954. The molecule has 0 aliphatic carbocycles. The predicted molar refractivity (Wildman–Crippen MR) is 203 cm³/mol. The van der Waals surface area contributed by atoms with Crippen molar-refractivity contribution in [3.63, 3.8) is 0 Å². The van der Waals surface area contributed by atoms with Crippen LogP contribution in [0.1, 0.15) is 11.1 Å². The summed E-state index contributed by atoms with van der Waals surface area (Å²) in [5, 5.41) is 3.28. The molecule has 49 heavy (non-hydrogen) atoms. The number of fused-ring (bicyclic) bond motifs is 9. The summed E-state index contributed by atoms with van der Waals surface area (Å²) in [4.78, 5) is 14.6. The van der Waals surface area contributed by atoms with E-state index in [1.165, 1.54) is 0 Å². The molecule has 0 aliphatic heterocycles. The fourth-order valence-electron chi connectivity index (χ4n) is 7.50. The van der Waals surface area contributed by atoms with Gasteiger partial charge in [0.25, 0.3) is 0 Å². The Kier molecular flexibility index (Phi) is 5.78. The Balaban J connectivity index is 1.21. The highest BCUT2D eigenvalue weighted by Crippen LogP contribution is 2.38. The Bertz CT molecular complexity index is 2970. The number of benzene rings is 4. The lowest BCUT2D eigenvalue weighted by Crippen LogP contribution is -1.97. The third-order valence-corrected chi connectivity index (χ3v) is 9.69. The second kappa shape index (κ2) is 10.4. The number of hydrogen-bond donors (Lipinski definition) is 0. The Hall–Kier alpha value is -6.79. The van der Waals surface area contributed by atoms with Gasteiger partial charge in [0.15, 0.2) is 0 Å². The molecule has 0 fully saturated rings. The van der Waals surface area contributed by atoms with Gasteiger partial charge < -0.3 is 13.7 Å². The highest BCUT2D eigenvalue weighted by molar-refractivity contribution is 6.12. The first-order chi connectivity index (χ1) is 24.2. The molecule has 10 aromatic rings. The van der Waals surface area contributed by atoms with Crippen molar-refractivity contribution < 1.29 is 0 Å². The van der Waals surface area contributed by atoms with Gasteiger partial charge in [0.2, 0.25) is 0 Å². The number of pyridine rings is 3. The van der Waals surface area contributed by atoms with Crippen LogP contribution >= 0.6 is 0 Å². The number of aromatic nitrogens is 6. The fraction of sp³-hybridized carbons (Fsp3) is 0. The third-order valence-electron chi connectivity index (χ3n) is 9.69. The van der Waals surface area contributed by atoms with E-state index in [4.69, 9.17) is 15.0 Å². The quantitative estimate of drug-likeness (QED) is 0.191. The zero-order chi connectivity index (χ0) is 32.6. The molecule has 0 saturated carbocycles. The fourth-order valence-corrected chi connectivity index (χ4v) is 7.50. The average molecular weight is 629 g/mol. The summed E-state index contributed by atoms with van der Waals surface area (Å²) < 4.78 is 6.90. The van der Waals surface area contributed by atoms with Crippen LogP contribution in [0.3, 0.4) is 0 Å². The van der Waals surface area contributed by atoms with Crippen LogP contribution in [-0.4, -0.2) is 28.7 Å². The van der Waals surface area contributed by atoms with Crippen molar-refractivity contribution in [2.24, 2.45) is 0 Å². The van der Waals surface area contributed by atoms with Crippen molar-refractivity contribution in [2.45, 2.75) is 0 Å². The molecule has 10 rings (SSSR count). The highest BCUT2D eigenvalue weighted by Gasteiger charge is 2.19. The molecule has 0 N–H and O–H groups in total. The Morgan fingerprint density at radius 2 is 0.776 bits per heavy atom. The zero-order valence-corrected chi connectivity index (χ0v) is 26.5. The van der Waals surface area contributed by atoms with Crippen LogP contribution in [0, 0.1) is 0 Å². The molecule has 6 nitrogen and oxygen atoms in total. The summed E-state index contributed by atoms with van der Waals surface area (Å²) in [6.45, 7) is 7.90. The lowest BCUT2D eigenvalue weighted by molar-refractivity contribution is 1.16. The summed E-state index contributed by atoms with van der Waals surface area (Å²) in [5.41, 5.74) is 14.7. The van der Waals surface area contributed by atoms with E-state index in [-0.39, 0.29) is 0 Å². The minimum absolute atomic E-state index is 0.954. The maximum atomic E-state index is 4.92. The van der Waals surface area contributed by atoms with Gasteiger partial charge in [-0.15, -0.1) is 0 Å². The largest absolute Gasteiger partial charge is 0.308 e. The first kappa shape index (κ1) is 27.3. The molecular formula is C43H28N6. The van der Waals surface area contributed by atoms with E-state index in [1.54, 1.807) is 0 Å². The first-order valence-electron chi connectivity index (χ1n) is 16.3. The Labute approximate surface area is 281 Å². The molecule has 4 aromatic carbocycles. The molecule has 0 spiro atoms. The zero-order valence-electron chi connectivity index (χ0n) is 26.5. The average Bonchev–Trinajstić information content (AvgIpc) is 3.79. The summed E-state index contributed by atoms with van der Waals surface area (Å²) in [6.07, 6.45) is 9.34. The maximum absolute atomic E-state index is 4.92. The van der Waals surface area contributed by atoms with Crippen LogP contribution in [0.25, 0.3) is 95.0 Å². The summed E-state index contributed by atoms with van der Waals surface area (Å²) in [6, 6.07) is 40.7. The lowest BCUT2D eigenvalue weighted by atomic mass is 10.1. The molecule has 6 heterocycles. The van der Waals surface area contributed by atoms with Gasteiger partial charge in [-0.2, -0.15) is 0 Å². The summed E-state index contributed by atoms with van der Waals surface area (Å²) in [7, 11) is 0. The summed E-state index contributed by atoms with van der Waals surface area (Å²) in [5.74, 6) is 0. The van der Waals surface area contributed by atoms with E-state index in [1.807, 2.05) is 48.9 Å². The van der Waals surface area contributed by atoms with Crippen LogP contribution in [-0.2, 0) is 0 Å². The van der Waals surface area contributed by atoms with Crippen molar-refractivity contribution >= 4 is 78.0 Å². The number of hydrogen-bond acceptors (Lipinski definition) is 3. The molecule has 6 aromatic heterocycles. The lowest BCUT2D eigenvalue weighted by Gasteiger charge is -2.11. The van der Waals surface area contributed by atoms with Crippen LogP contribution in [0.15, 0.2) is 147 Å². The van der Waals surface area contributed by atoms with Gasteiger partial charge in [0, 0.05) is 51.8 Å². The predicted octanol–water partition coefficient (Wildman–Crippen LogP) is 10.4. The molecule has 6 heteroatoms. The molecule has 0 radical (unpaired) electrons. The van der Waals surface area contributed by atoms with E-state index >= 15 is 0 Å². The van der Waals surface area contributed by atoms with Gasteiger partial charge in [-0.05, 0) is 108 Å². The van der Waals surface area contributed by atoms with Gasteiger partial charge in [-0.25, -0.2) is 0 Å². The van der Waals surface area contributed by atoms with Gasteiger partial charge >= 0.3 is 0 Å². The number of nitrogens with zero attached hydrogens (tertiary/aromatic N) is 6. The Morgan fingerprint density at radius 1 is 0.388 bits per heavy atom. The molecule has 0 aliphatic rings. The molecule has 0 amide bonds. The van der Waals surface area contributed by atoms with Crippen LogP contribution in [0.4, 0.5) is 0 Å². The van der Waals surface area contributed by atoms with Gasteiger partial charge in [0.05, 0.1) is 49.7 Å². The molecule has 0 atom stereocenters. The van der Waals surface area contributed by atoms with E-state index in [0.29, 0.717) is 0 Å². The monoisotopic (exact) mass is 628 g/mol. The van der Waals surface area contributed by atoms with Crippen LogP contribution < -0.4 is 0 Å². The second-order valence-corrected chi connectivity index (χ2v) is 12.3. The first-order valence-corrected chi connectivity index (χ1v) is 16.3. The maximum Gasteiger partial charge on any atom is 0.0964 e. The van der Waals surface area contributed by atoms with Crippen LogP contribution in [0.5, 0.6) is 0 Å².